The lowest BCUT2D eigenvalue weighted by Crippen LogP contribution is -2.28. The third-order valence-electron chi connectivity index (χ3n) is 2.10. The molecular formula is C9H10BrN3O4. The van der Waals surface area contributed by atoms with Crippen LogP contribution in [-0.4, -0.2) is 27.0 Å². The van der Waals surface area contributed by atoms with E-state index in [1.54, 1.807) is 6.92 Å². The Morgan fingerprint density at radius 1 is 1.71 bits per heavy atom. The average molecular weight is 304 g/mol. The molecule has 1 aromatic heterocycles. The van der Waals surface area contributed by atoms with Gasteiger partial charge in [-0.15, -0.1) is 0 Å². The van der Waals surface area contributed by atoms with Gasteiger partial charge in [0.1, 0.15) is 17.9 Å². The molecule has 2 N–H and O–H groups in total. The van der Waals surface area contributed by atoms with Crippen molar-refractivity contribution >= 4 is 33.3 Å². The highest BCUT2D eigenvalue weighted by atomic mass is 79.9. The van der Waals surface area contributed by atoms with E-state index in [4.69, 9.17) is 5.11 Å². The number of nitrogens with zero attached hydrogens (tertiary/aromatic N) is 2. The number of carbonyl (C=O) groups is 1. The SMILES string of the molecule is CCC(Nc1c(Br)cncc1[N+](=O)[O-])C(=O)O. The van der Waals surface area contributed by atoms with E-state index in [9.17, 15) is 14.9 Å². The fourth-order valence-electron chi connectivity index (χ4n) is 1.22. The Labute approximate surface area is 105 Å². The Morgan fingerprint density at radius 2 is 2.35 bits per heavy atom. The number of carboxylic acids is 1. The minimum absolute atomic E-state index is 0.124. The van der Waals surface area contributed by atoms with Gasteiger partial charge in [0.25, 0.3) is 0 Å². The number of hydrogen-bond donors (Lipinski definition) is 2. The van der Waals surface area contributed by atoms with Gasteiger partial charge in [0, 0.05) is 6.20 Å². The van der Waals surface area contributed by atoms with Gasteiger partial charge in [-0.05, 0) is 22.4 Å². The summed E-state index contributed by atoms with van der Waals surface area (Å²) in [6, 6.07) is -0.882. The Balaban J connectivity index is 3.12. The van der Waals surface area contributed by atoms with E-state index in [2.05, 4.69) is 26.2 Å². The summed E-state index contributed by atoms with van der Waals surface area (Å²) in [5, 5.41) is 22.3. The lowest BCUT2D eigenvalue weighted by atomic mass is 10.2. The summed E-state index contributed by atoms with van der Waals surface area (Å²) in [6.07, 6.45) is 2.74. The minimum Gasteiger partial charge on any atom is -0.480 e. The summed E-state index contributed by atoms with van der Waals surface area (Å²) in [5.74, 6) is -1.06. The molecule has 92 valence electrons. The molecule has 0 amide bonds. The van der Waals surface area contributed by atoms with Crippen LogP contribution in [-0.2, 0) is 4.79 Å². The van der Waals surface area contributed by atoms with Crippen LogP contribution < -0.4 is 5.32 Å². The van der Waals surface area contributed by atoms with Gasteiger partial charge in [-0.25, -0.2) is 4.79 Å². The molecular weight excluding hydrogens is 294 g/mol. The van der Waals surface area contributed by atoms with Crippen LogP contribution >= 0.6 is 15.9 Å². The van der Waals surface area contributed by atoms with Crippen LogP contribution in [0.1, 0.15) is 13.3 Å². The molecule has 0 aliphatic heterocycles. The minimum atomic E-state index is -1.06. The lowest BCUT2D eigenvalue weighted by molar-refractivity contribution is -0.384. The maximum absolute atomic E-state index is 10.9. The number of anilines is 1. The maximum Gasteiger partial charge on any atom is 0.326 e. The Morgan fingerprint density at radius 3 is 2.82 bits per heavy atom. The molecule has 1 heterocycles. The second-order valence-electron chi connectivity index (χ2n) is 3.22. The van der Waals surface area contributed by atoms with Gasteiger partial charge in [0.05, 0.1) is 9.40 Å². The van der Waals surface area contributed by atoms with Crippen molar-refractivity contribution < 1.29 is 14.8 Å². The monoisotopic (exact) mass is 303 g/mol. The van der Waals surface area contributed by atoms with Crippen molar-refractivity contribution in [3.8, 4) is 0 Å². The van der Waals surface area contributed by atoms with Gasteiger partial charge in [-0.3, -0.25) is 15.1 Å². The van der Waals surface area contributed by atoms with Gasteiger partial charge < -0.3 is 10.4 Å². The number of hydrogen-bond acceptors (Lipinski definition) is 5. The molecule has 1 rings (SSSR count). The molecule has 1 aromatic rings. The van der Waals surface area contributed by atoms with Crippen molar-refractivity contribution in [1.29, 1.82) is 0 Å². The zero-order chi connectivity index (χ0) is 13.0. The van der Waals surface area contributed by atoms with Crippen LogP contribution in [0.25, 0.3) is 0 Å². The Bertz CT molecular complexity index is 452. The summed E-state index contributed by atoms with van der Waals surface area (Å²) in [7, 11) is 0. The molecule has 7 nitrogen and oxygen atoms in total. The number of nitro groups is 1. The number of aromatic nitrogens is 1. The van der Waals surface area contributed by atoms with Gasteiger partial charge in [-0.1, -0.05) is 6.92 Å². The third kappa shape index (κ3) is 3.13. The second kappa shape index (κ2) is 5.58. The molecule has 0 saturated heterocycles. The molecule has 1 atom stereocenters. The first-order valence-electron chi connectivity index (χ1n) is 4.74. The van der Waals surface area contributed by atoms with E-state index in [1.165, 1.54) is 6.20 Å². The zero-order valence-electron chi connectivity index (χ0n) is 8.88. The molecule has 0 aliphatic carbocycles. The average Bonchev–Trinajstić information content (AvgIpc) is 2.26. The van der Waals surface area contributed by atoms with E-state index < -0.39 is 16.9 Å². The van der Waals surface area contributed by atoms with Gasteiger partial charge >= 0.3 is 11.7 Å². The zero-order valence-corrected chi connectivity index (χ0v) is 10.5. The summed E-state index contributed by atoms with van der Waals surface area (Å²) >= 11 is 3.10. The molecule has 0 bridgehead atoms. The summed E-state index contributed by atoms with van der Waals surface area (Å²) in [4.78, 5) is 24.7. The fourth-order valence-corrected chi connectivity index (χ4v) is 1.65. The normalized spacial score (nSPS) is 11.9. The molecule has 8 heteroatoms. The van der Waals surface area contributed by atoms with Gasteiger partial charge in [0.2, 0.25) is 0 Å². The topological polar surface area (TPSA) is 105 Å². The van der Waals surface area contributed by atoms with E-state index in [1.807, 2.05) is 0 Å². The molecule has 0 radical (unpaired) electrons. The molecule has 0 spiro atoms. The van der Waals surface area contributed by atoms with Crippen molar-refractivity contribution in [3.63, 3.8) is 0 Å². The molecule has 0 saturated carbocycles. The number of rotatable bonds is 5. The maximum atomic E-state index is 10.9. The van der Waals surface area contributed by atoms with Crippen LogP contribution in [0.3, 0.4) is 0 Å². The number of nitrogens with one attached hydrogen (secondary N) is 1. The molecule has 1 unspecified atom stereocenters. The fraction of sp³-hybridized carbons (Fsp3) is 0.333. The first kappa shape index (κ1) is 13.4. The molecule has 17 heavy (non-hydrogen) atoms. The van der Waals surface area contributed by atoms with Crippen LogP contribution in [0, 0.1) is 10.1 Å². The predicted molar refractivity (Wildman–Crippen MR) is 63.9 cm³/mol. The Kier molecular flexibility index (Phi) is 4.38. The third-order valence-corrected chi connectivity index (χ3v) is 2.70. The van der Waals surface area contributed by atoms with Crippen molar-refractivity contribution in [2.75, 3.05) is 5.32 Å². The van der Waals surface area contributed by atoms with E-state index in [0.29, 0.717) is 10.9 Å². The Hall–Kier alpha value is -1.70. The van der Waals surface area contributed by atoms with E-state index in [-0.39, 0.29) is 11.4 Å². The van der Waals surface area contributed by atoms with Crippen LogP contribution in [0.15, 0.2) is 16.9 Å². The molecule has 0 aromatic carbocycles. The molecule has 0 aliphatic rings. The predicted octanol–water partition coefficient (Wildman–Crippen LogP) is 2.03. The van der Waals surface area contributed by atoms with Crippen molar-refractivity contribution in [2.45, 2.75) is 19.4 Å². The quantitative estimate of drug-likeness (QED) is 0.637. The van der Waals surface area contributed by atoms with Crippen LogP contribution in [0.5, 0.6) is 0 Å². The smallest absolute Gasteiger partial charge is 0.326 e. The number of aliphatic carboxylic acids is 1. The van der Waals surface area contributed by atoms with Crippen LogP contribution in [0.2, 0.25) is 0 Å². The highest BCUT2D eigenvalue weighted by molar-refractivity contribution is 9.10. The van der Waals surface area contributed by atoms with Crippen molar-refractivity contribution in [1.82, 2.24) is 4.98 Å². The summed E-state index contributed by atoms with van der Waals surface area (Å²) in [6.45, 7) is 1.67. The number of halogens is 1. The molecule has 0 fully saturated rings. The summed E-state index contributed by atoms with van der Waals surface area (Å²) in [5.41, 5.74) is -0.140. The summed E-state index contributed by atoms with van der Waals surface area (Å²) < 4.78 is 0.353. The first-order valence-corrected chi connectivity index (χ1v) is 5.53. The van der Waals surface area contributed by atoms with E-state index >= 15 is 0 Å². The lowest BCUT2D eigenvalue weighted by Gasteiger charge is -2.14. The highest BCUT2D eigenvalue weighted by Gasteiger charge is 2.22. The largest absolute Gasteiger partial charge is 0.480 e. The van der Waals surface area contributed by atoms with Crippen LogP contribution in [0.4, 0.5) is 11.4 Å². The van der Waals surface area contributed by atoms with Gasteiger partial charge in [-0.2, -0.15) is 0 Å². The highest BCUT2D eigenvalue weighted by Crippen LogP contribution is 2.31. The number of pyridine rings is 1. The standard InChI is InChI=1S/C9H10BrN3O4/c1-2-6(9(14)15)12-8-5(10)3-11-4-7(8)13(16)17/h3-4,6H,2H2,1H3,(H,11,12)(H,14,15). The van der Waals surface area contributed by atoms with Crippen molar-refractivity contribution in [2.24, 2.45) is 0 Å². The number of carboxylic acid groups (broad SMARTS) is 1. The van der Waals surface area contributed by atoms with Gasteiger partial charge in [0.15, 0.2) is 0 Å². The first-order chi connectivity index (χ1) is 7.97. The van der Waals surface area contributed by atoms with E-state index in [0.717, 1.165) is 6.20 Å². The second-order valence-corrected chi connectivity index (χ2v) is 4.07. The van der Waals surface area contributed by atoms with Crippen molar-refractivity contribution in [3.05, 3.63) is 27.0 Å².